The van der Waals surface area contributed by atoms with Gasteiger partial charge in [0.1, 0.15) is 0 Å². The van der Waals surface area contributed by atoms with E-state index in [9.17, 15) is 4.79 Å². The molecule has 19 heavy (non-hydrogen) atoms. The number of hydrogen-bond donors (Lipinski definition) is 1. The van der Waals surface area contributed by atoms with Crippen LogP contribution >= 0.6 is 23.7 Å². The summed E-state index contributed by atoms with van der Waals surface area (Å²) in [4.78, 5) is 16.7. The minimum atomic E-state index is 0. The number of carbonyl (C=O) groups excluding carboxylic acids is 1. The van der Waals surface area contributed by atoms with E-state index in [-0.39, 0.29) is 24.4 Å². The molecule has 0 unspecified atom stereocenters. The van der Waals surface area contributed by atoms with Gasteiger partial charge in [-0.05, 0) is 43.7 Å². The Kier molecular flexibility index (Phi) is 4.87. The maximum Gasteiger partial charge on any atom is 0.263 e. The van der Waals surface area contributed by atoms with Crippen LogP contribution in [0.2, 0.25) is 0 Å². The SMILES string of the molecule is Cl.N[C@@H]1CCN(C(=O)c2cc3c(s2)CCCCC3)C1. The van der Waals surface area contributed by atoms with Gasteiger partial charge in [0.15, 0.2) is 0 Å². The van der Waals surface area contributed by atoms with E-state index in [2.05, 4.69) is 6.07 Å². The standard InChI is InChI=1S/C14H20N2OS.ClH/c15-11-6-7-16(9-11)14(17)13-8-10-4-2-1-3-5-12(10)18-13;/h8,11H,1-7,9,15H2;1H/t11-;/m1./s1. The second-order valence-electron chi connectivity index (χ2n) is 5.42. The number of carbonyl (C=O) groups is 1. The van der Waals surface area contributed by atoms with E-state index in [1.807, 2.05) is 4.90 Å². The predicted octanol–water partition coefficient (Wildman–Crippen LogP) is 2.61. The summed E-state index contributed by atoms with van der Waals surface area (Å²) < 4.78 is 0. The number of aryl methyl sites for hydroxylation is 2. The van der Waals surface area contributed by atoms with Crippen LogP contribution in [-0.2, 0) is 12.8 Å². The first-order valence-corrected chi connectivity index (χ1v) is 7.72. The molecule has 2 N–H and O–H groups in total. The molecule has 1 atom stereocenters. The summed E-state index contributed by atoms with van der Waals surface area (Å²) in [5.41, 5.74) is 7.29. The fourth-order valence-electron chi connectivity index (χ4n) is 2.90. The van der Waals surface area contributed by atoms with E-state index >= 15 is 0 Å². The lowest BCUT2D eigenvalue weighted by Gasteiger charge is -2.14. The molecule has 2 aliphatic rings. The average Bonchev–Trinajstić information content (AvgIpc) is 2.90. The van der Waals surface area contributed by atoms with Crippen LogP contribution in [0.15, 0.2) is 6.07 Å². The summed E-state index contributed by atoms with van der Waals surface area (Å²) in [6.07, 6.45) is 7.12. The Labute approximate surface area is 124 Å². The van der Waals surface area contributed by atoms with Crippen LogP contribution in [0.4, 0.5) is 0 Å². The van der Waals surface area contributed by atoms with Gasteiger partial charge in [0.2, 0.25) is 0 Å². The van der Waals surface area contributed by atoms with Crippen molar-refractivity contribution < 1.29 is 4.79 Å². The molecule has 1 aromatic heterocycles. The molecule has 1 fully saturated rings. The largest absolute Gasteiger partial charge is 0.336 e. The monoisotopic (exact) mass is 300 g/mol. The summed E-state index contributed by atoms with van der Waals surface area (Å²) >= 11 is 1.71. The Morgan fingerprint density at radius 1 is 1.32 bits per heavy atom. The molecule has 1 aromatic rings. The maximum absolute atomic E-state index is 12.4. The highest BCUT2D eigenvalue weighted by Crippen LogP contribution is 2.30. The Hall–Kier alpha value is -0.580. The first kappa shape index (κ1) is 14.8. The van der Waals surface area contributed by atoms with Gasteiger partial charge < -0.3 is 10.6 Å². The van der Waals surface area contributed by atoms with Crippen molar-refractivity contribution in [2.45, 2.75) is 44.6 Å². The smallest absolute Gasteiger partial charge is 0.263 e. The summed E-state index contributed by atoms with van der Waals surface area (Å²) in [5, 5.41) is 0. The normalized spacial score (nSPS) is 22.6. The molecule has 1 aliphatic carbocycles. The molecule has 1 amide bonds. The summed E-state index contributed by atoms with van der Waals surface area (Å²) in [6, 6.07) is 2.31. The van der Waals surface area contributed by atoms with Crippen LogP contribution in [0.5, 0.6) is 0 Å². The van der Waals surface area contributed by atoms with Gasteiger partial charge in [-0.25, -0.2) is 0 Å². The van der Waals surface area contributed by atoms with E-state index in [4.69, 9.17) is 5.73 Å². The molecule has 1 saturated heterocycles. The zero-order valence-corrected chi connectivity index (χ0v) is 12.7. The second kappa shape index (κ2) is 6.25. The molecule has 0 aromatic carbocycles. The van der Waals surface area contributed by atoms with Crippen LogP contribution in [0.25, 0.3) is 0 Å². The number of rotatable bonds is 1. The van der Waals surface area contributed by atoms with Crippen molar-refractivity contribution in [1.82, 2.24) is 4.90 Å². The summed E-state index contributed by atoms with van der Waals surface area (Å²) in [5.74, 6) is 0.195. The Morgan fingerprint density at radius 2 is 2.11 bits per heavy atom. The molecule has 3 nitrogen and oxygen atoms in total. The highest BCUT2D eigenvalue weighted by Gasteiger charge is 2.26. The summed E-state index contributed by atoms with van der Waals surface area (Å²) in [7, 11) is 0. The van der Waals surface area contributed by atoms with Crippen molar-refractivity contribution in [2.24, 2.45) is 5.73 Å². The lowest BCUT2D eigenvalue weighted by Crippen LogP contribution is -2.31. The molecule has 5 heteroatoms. The molecule has 0 spiro atoms. The Bertz CT molecular complexity index is 437. The number of likely N-dealkylation sites (tertiary alicyclic amines) is 1. The van der Waals surface area contributed by atoms with E-state index < -0.39 is 0 Å². The molecule has 0 saturated carbocycles. The van der Waals surface area contributed by atoms with E-state index in [0.717, 1.165) is 37.2 Å². The molecular formula is C14H21ClN2OS. The molecule has 3 rings (SSSR count). The van der Waals surface area contributed by atoms with Gasteiger partial charge in [-0.2, -0.15) is 0 Å². The topological polar surface area (TPSA) is 46.3 Å². The number of hydrogen-bond acceptors (Lipinski definition) is 3. The third-order valence-corrected chi connectivity index (χ3v) is 5.19. The molecular weight excluding hydrogens is 280 g/mol. The zero-order chi connectivity index (χ0) is 12.5. The third kappa shape index (κ3) is 3.12. The van der Waals surface area contributed by atoms with Crippen LogP contribution in [0.3, 0.4) is 0 Å². The molecule has 0 bridgehead atoms. The number of halogens is 1. The molecule has 2 heterocycles. The van der Waals surface area contributed by atoms with Crippen molar-refractivity contribution in [2.75, 3.05) is 13.1 Å². The Morgan fingerprint density at radius 3 is 2.84 bits per heavy atom. The van der Waals surface area contributed by atoms with Crippen LogP contribution < -0.4 is 5.73 Å². The quantitative estimate of drug-likeness (QED) is 0.810. The van der Waals surface area contributed by atoms with Gasteiger partial charge in [0.25, 0.3) is 5.91 Å². The van der Waals surface area contributed by atoms with Crippen molar-refractivity contribution >= 4 is 29.7 Å². The van der Waals surface area contributed by atoms with Gasteiger partial charge in [-0.15, -0.1) is 23.7 Å². The van der Waals surface area contributed by atoms with Crippen LogP contribution in [0, 0.1) is 0 Å². The first-order valence-electron chi connectivity index (χ1n) is 6.90. The zero-order valence-electron chi connectivity index (χ0n) is 11.1. The number of nitrogens with two attached hydrogens (primary N) is 1. The van der Waals surface area contributed by atoms with E-state index in [1.54, 1.807) is 11.3 Å². The van der Waals surface area contributed by atoms with E-state index in [1.165, 1.54) is 29.7 Å². The first-order chi connectivity index (χ1) is 8.74. The average molecular weight is 301 g/mol. The number of nitrogens with zero attached hydrogens (tertiary/aromatic N) is 1. The molecule has 106 valence electrons. The van der Waals surface area contributed by atoms with Gasteiger partial charge in [0, 0.05) is 24.0 Å². The van der Waals surface area contributed by atoms with Crippen molar-refractivity contribution in [1.29, 1.82) is 0 Å². The van der Waals surface area contributed by atoms with Crippen molar-refractivity contribution in [3.05, 3.63) is 21.4 Å². The van der Waals surface area contributed by atoms with Crippen LogP contribution in [-0.4, -0.2) is 29.9 Å². The highest BCUT2D eigenvalue weighted by atomic mass is 35.5. The van der Waals surface area contributed by atoms with Crippen molar-refractivity contribution in [3.8, 4) is 0 Å². The van der Waals surface area contributed by atoms with Gasteiger partial charge >= 0.3 is 0 Å². The molecule has 0 radical (unpaired) electrons. The number of fused-ring (bicyclic) bond motifs is 1. The Balaban J connectivity index is 0.00000133. The molecule has 1 aliphatic heterocycles. The van der Waals surface area contributed by atoms with Crippen LogP contribution in [0.1, 0.15) is 45.8 Å². The lowest BCUT2D eigenvalue weighted by molar-refractivity contribution is 0.0795. The lowest BCUT2D eigenvalue weighted by atomic mass is 10.1. The second-order valence-corrected chi connectivity index (χ2v) is 6.56. The van der Waals surface area contributed by atoms with Crippen molar-refractivity contribution in [3.63, 3.8) is 0 Å². The minimum Gasteiger partial charge on any atom is -0.336 e. The summed E-state index contributed by atoms with van der Waals surface area (Å²) in [6.45, 7) is 1.55. The number of amides is 1. The fraction of sp³-hybridized carbons (Fsp3) is 0.643. The maximum atomic E-state index is 12.4. The van der Waals surface area contributed by atoms with Gasteiger partial charge in [-0.1, -0.05) is 6.42 Å². The van der Waals surface area contributed by atoms with E-state index in [0.29, 0.717) is 0 Å². The number of thiophene rings is 1. The highest BCUT2D eigenvalue weighted by molar-refractivity contribution is 7.14. The third-order valence-electron chi connectivity index (χ3n) is 3.97. The fourth-order valence-corrected chi connectivity index (χ4v) is 4.12. The predicted molar refractivity (Wildman–Crippen MR) is 81.3 cm³/mol. The van der Waals surface area contributed by atoms with Gasteiger partial charge in [0.05, 0.1) is 4.88 Å². The van der Waals surface area contributed by atoms with Gasteiger partial charge in [-0.3, -0.25) is 4.79 Å². The minimum absolute atomic E-state index is 0.